The van der Waals surface area contributed by atoms with Gasteiger partial charge in [0.2, 0.25) is 0 Å². The molecule has 0 unspecified atom stereocenters. The van der Waals surface area contributed by atoms with E-state index >= 15 is 0 Å². The number of allylic oxidation sites excluding steroid dienone is 1. The standard InChI is InChI=1S/C18H23N/c1-14(2)16-10-7-15(8-11-16)9-12-17-5-3-4-6-18(17)13-19/h3-6,9,12,14-16H,7-8,10-11H2,1-2H3/b12-9+. The Morgan fingerprint density at radius 3 is 2.47 bits per heavy atom. The van der Waals surface area contributed by atoms with E-state index < -0.39 is 0 Å². The summed E-state index contributed by atoms with van der Waals surface area (Å²) in [5, 5.41) is 9.07. The molecule has 0 saturated heterocycles. The lowest BCUT2D eigenvalue weighted by molar-refractivity contribution is 0.248. The van der Waals surface area contributed by atoms with E-state index in [4.69, 9.17) is 5.26 Å². The molecule has 1 aromatic carbocycles. The molecule has 1 nitrogen and oxygen atoms in total. The minimum atomic E-state index is 0.696. The molecule has 0 spiro atoms. The van der Waals surface area contributed by atoms with E-state index in [9.17, 15) is 0 Å². The minimum Gasteiger partial charge on any atom is -0.192 e. The van der Waals surface area contributed by atoms with Crippen molar-refractivity contribution in [1.29, 1.82) is 5.26 Å². The number of nitrogens with zero attached hydrogens (tertiary/aromatic N) is 1. The highest BCUT2D eigenvalue weighted by Crippen LogP contribution is 2.34. The molecular weight excluding hydrogens is 230 g/mol. The van der Waals surface area contributed by atoms with Crippen LogP contribution in [0.1, 0.15) is 50.7 Å². The molecule has 19 heavy (non-hydrogen) atoms. The fourth-order valence-electron chi connectivity index (χ4n) is 2.99. The van der Waals surface area contributed by atoms with Gasteiger partial charge in [-0.1, -0.05) is 44.2 Å². The molecule has 0 aliphatic heterocycles. The highest BCUT2D eigenvalue weighted by atomic mass is 14.3. The van der Waals surface area contributed by atoms with E-state index in [1.54, 1.807) is 0 Å². The van der Waals surface area contributed by atoms with E-state index in [1.165, 1.54) is 25.7 Å². The smallest absolute Gasteiger partial charge is 0.0997 e. The summed E-state index contributed by atoms with van der Waals surface area (Å²) in [5.74, 6) is 2.43. The minimum absolute atomic E-state index is 0.696. The Bertz CT molecular complexity index is 471. The molecule has 1 aliphatic carbocycles. The summed E-state index contributed by atoms with van der Waals surface area (Å²) in [5.41, 5.74) is 1.82. The highest BCUT2D eigenvalue weighted by molar-refractivity contribution is 5.57. The predicted octanol–water partition coefficient (Wildman–Crippen LogP) is 5.03. The van der Waals surface area contributed by atoms with Gasteiger partial charge in [0.25, 0.3) is 0 Å². The van der Waals surface area contributed by atoms with Crippen molar-refractivity contribution < 1.29 is 0 Å². The van der Waals surface area contributed by atoms with Crippen molar-refractivity contribution in [1.82, 2.24) is 0 Å². The van der Waals surface area contributed by atoms with Gasteiger partial charge in [0.15, 0.2) is 0 Å². The van der Waals surface area contributed by atoms with Crippen LogP contribution in [-0.4, -0.2) is 0 Å². The second kappa shape index (κ2) is 6.57. The summed E-state index contributed by atoms with van der Waals surface area (Å²) in [7, 11) is 0. The summed E-state index contributed by atoms with van der Waals surface area (Å²) in [6.07, 6.45) is 9.76. The fourth-order valence-corrected chi connectivity index (χ4v) is 2.99. The molecule has 0 bridgehead atoms. The fraction of sp³-hybridized carbons (Fsp3) is 0.500. The van der Waals surface area contributed by atoms with E-state index in [0.29, 0.717) is 5.92 Å². The van der Waals surface area contributed by atoms with Crippen LogP contribution in [0.5, 0.6) is 0 Å². The number of hydrogen-bond donors (Lipinski definition) is 0. The first-order valence-corrected chi connectivity index (χ1v) is 7.38. The third-order valence-electron chi connectivity index (χ3n) is 4.39. The maximum Gasteiger partial charge on any atom is 0.0997 e. The predicted molar refractivity (Wildman–Crippen MR) is 80.5 cm³/mol. The normalized spacial score (nSPS) is 23.7. The quantitative estimate of drug-likeness (QED) is 0.740. The van der Waals surface area contributed by atoms with Crippen LogP contribution in [0.4, 0.5) is 0 Å². The third-order valence-corrected chi connectivity index (χ3v) is 4.39. The summed E-state index contributed by atoms with van der Waals surface area (Å²) >= 11 is 0. The van der Waals surface area contributed by atoms with Gasteiger partial charge in [-0.3, -0.25) is 0 Å². The van der Waals surface area contributed by atoms with Crippen LogP contribution in [0, 0.1) is 29.1 Å². The van der Waals surface area contributed by atoms with Gasteiger partial charge in [0, 0.05) is 0 Å². The van der Waals surface area contributed by atoms with Gasteiger partial charge < -0.3 is 0 Å². The van der Waals surface area contributed by atoms with Crippen LogP contribution in [0.15, 0.2) is 30.3 Å². The van der Waals surface area contributed by atoms with E-state index in [0.717, 1.165) is 23.0 Å². The average Bonchev–Trinajstić information content (AvgIpc) is 2.45. The van der Waals surface area contributed by atoms with Crippen molar-refractivity contribution in [3.05, 3.63) is 41.5 Å². The van der Waals surface area contributed by atoms with Crippen molar-refractivity contribution in [2.75, 3.05) is 0 Å². The zero-order valence-corrected chi connectivity index (χ0v) is 12.0. The molecule has 1 fully saturated rings. The molecule has 0 amide bonds. The zero-order valence-electron chi connectivity index (χ0n) is 12.0. The molecule has 100 valence electrons. The molecule has 0 N–H and O–H groups in total. The van der Waals surface area contributed by atoms with Gasteiger partial charge >= 0.3 is 0 Å². The Kier molecular flexibility index (Phi) is 4.80. The van der Waals surface area contributed by atoms with Crippen molar-refractivity contribution in [2.24, 2.45) is 17.8 Å². The summed E-state index contributed by atoms with van der Waals surface area (Å²) < 4.78 is 0. The van der Waals surface area contributed by atoms with Crippen LogP contribution in [0.2, 0.25) is 0 Å². The van der Waals surface area contributed by atoms with E-state index in [1.807, 2.05) is 24.3 Å². The van der Waals surface area contributed by atoms with Crippen LogP contribution < -0.4 is 0 Å². The molecule has 1 heteroatoms. The third kappa shape index (κ3) is 3.70. The monoisotopic (exact) mass is 253 g/mol. The Labute approximate surface area is 117 Å². The van der Waals surface area contributed by atoms with Crippen LogP contribution in [0.25, 0.3) is 6.08 Å². The zero-order chi connectivity index (χ0) is 13.7. The topological polar surface area (TPSA) is 23.8 Å². The molecule has 1 saturated carbocycles. The largest absolute Gasteiger partial charge is 0.192 e. The molecule has 0 atom stereocenters. The summed E-state index contributed by atoms with van der Waals surface area (Å²) in [4.78, 5) is 0. The summed E-state index contributed by atoms with van der Waals surface area (Å²) in [6, 6.07) is 10.1. The van der Waals surface area contributed by atoms with Gasteiger partial charge in [-0.05, 0) is 55.1 Å². The molecule has 2 rings (SSSR count). The first-order chi connectivity index (χ1) is 9.20. The Morgan fingerprint density at radius 1 is 1.16 bits per heavy atom. The Hall–Kier alpha value is -1.55. The second-order valence-electron chi connectivity index (χ2n) is 5.98. The molecule has 0 radical (unpaired) electrons. The maximum absolute atomic E-state index is 9.07. The number of rotatable bonds is 3. The lowest BCUT2D eigenvalue weighted by atomic mass is 9.77. The maximum atomic E-state index is 9.07. The van der Waals surface area contributed by atoms with E-state index in [-0.39, 0.29) is 0 Å². The number of hydrogen-bond acceptors (Lipinski definition) is 1. The van der Waals surface area contributed by atoms with Crippen LogP contribution in [0.3, 0.4) is 0 Å². The molecule has 1 aliphatic rings. The molecular formula is C18H23N. The number of benzene rings is 1. The van der Waals surface area contributed by atoms with Crippen LogP contribution >= 0.6 is 0 Å². The summed E-state index contributed by atoms with van der Waals surface area (Å²) in [6.45, 7) is 4.67. The number of nitriles is 1. The molecule has 1 aromatic rings. The van der Waals surface area contributed by atoms with Crippen molar-refractivity contribution in [2.45, 2.75) is 39.5 Å². The van der Waals surface area contributed by atoms with Crippen LogP contribution in [-0.2, 0) is 0 Å². The molecule has 0 heterocycles. The van der Waals surface area contributed by atoms with Gasteiger partial charge in [-0.15, -0.1) is 0 Å². The lowest BCUT2D eigenvalue weighted by Gasteiger charge is -2.29. The first kappa shape index (κ1) is 13.9. The van der Waals surface area contributed by atoms with Crippen molar-refractivity contribution in [3.63, 3.8) is 0 Å². The highest BCUT2D eigenvalue weighted by Gasteiger charge is 2.21. The second-order valence-corrected chi connectivity index (χ2v) is 5.98. The SMILES string of the molecule is CC(C)C1CCC(/C=C/c2ccccc2C#N)CC1. The van der Waals surface area contributed by atoms with Gasteiger partial charge in [0.05, 0.1) is 11.6 Å². The average molecular weight is 253 g/mol. The van der Waals surface area contributed by atoms with Gasteiger partial charge in [-0.25, -0.2) is 0 Å². The molecule has 0 aromatic heterocycles. The van der Waals surface area contributed by atoms with Crippen molar-refractivity contribution in [3.8, 4) is 6.07 Å². The Balaban J connectivity index is 1.96. The van der Waals surface area contributed by atoms with Gasteiger partial charge in [0.1, 0.15) is 0 Å². The van der Waals surface area contributed by atoms with Gasteiger partial charge in [-0.2, -0.15) is 5.26 Å². The Morgan fingerprint density at radius 2 is 1.84 bits per heavy atom. The lowest BCUT2D eigenvalue weighted by Crippen LogP contribution is -2.17. The van der Waals surface area contributed by atoms with E-state index in [2.05, 4.69) is 32.1 Å². The first-order valence-electron chi connectivity index (χ1n) is 7.38. The van der Waals surface area contributed by atoms with Crippen molar-refractivity contribution >= 4 is 6.08 Å².